The fourth-order valence-corrected chi connectivity index (χ4v) is 3.40. The number of nitrogens with zero attached hydrogens (tertiary/aromatic N) is 3. The van der Waals surface area contributed by atoms with Crippen molar-refractivity contribution in [1.29, 1.82) is 0 Å². The van der Waals surface area contributed by atoms with E-state index in [-0.39, 0.29) is 29.5 Å². The molecule has 0 saturated carbocycles. The summed E-state index contributed by atoms with van der Waals surface area (Å²) in [6, 6.07) is 5.97. The van der Waals surface area contributed by atoms with Gasteiger partial charge in [0.1, 0.15) is 11.6 Å². The third kappa shape index (κ3) is 4.61. The molecule has 30 heavy (non-hydrogen) atoms. The Morgan fingerprint density at radius 1 is 1.37 bits per heavy atom. The summed E-state index contributed by atoms with van der Waals surface area (Å²) in [5.74, 6) is -1.05. The lowest BCUT2D eigenvalue weighted by molar-refractivity contribution is -0.384. The van der Waals surface area contributed by atoms with Gasteiger partial charge in [-0.1, -0.05) is 0 Å². The van der Waals surface area contributed by atoms with Crippen molar-refractivity contribution < 1.29 is 27.6 Å². The van der Waals surface area contributed by atoms with Crippen LogP contribution in [0.4, 0.5) is 30.4 Å². The molecule has 3 rings (SSSR count). The molecule has 2 aromatic rings. The fraction of sp³-hybridized carbons (Fsp3) is 0.368. The lowest BCUT2D eigenvalue weighted by atomic mass is 9.96. The molecule has 2 heterocycles. The average molecular weight is 424 g/mol. The zero-order valence-corrected chi connectivity index (χ0v) is 16.0. The van der Waals surface area contributed by atoms with Crippen LogP contribution in [0, 0.1) is 16.0 Å². The summed E-state index contributed by atoms with van der Waals surface area (Å²) in [4.78, 5) is 28.5. The molecule has 1 atom stereocenters. The summed E-state index contributed by atoms with van der Waals surface area (Å²) in [5, 5.41) is 13.6. The summed E-state index contributed by atoms with van der Waals surface area (Å²) < 4.78 is 45.1. The van der Waals surface area contributed by atoms with Gasteiger partial charge in [-0.3, -0.25) is 14.9 Å². The zero-order valence-electron chi connectivity index (χ0n) is 16.0. The SMILES string of the molecule is COc1ccc([N+](=O)[O-])cc1NC(=O)[C@H]1CCCN(c2ncccc2C(F)(F)F)C1. The van der Waals surface area contributed by atoms with E-state index in [1.165, 1.54) is 42.5 Å². The third-order valence-corrected chi connectivity index (χ3v) is 4.84. The minimum Gasteiger partial charge on any atom is -0.495 e. The molecule has 1 aromatic heterocycles. The molecule has 1 aromatic carbocycles. The van der Waals surface area contributed by atoms with Crippen molar-refractivity contribution in [3.63, 3.8) is 0 Å². The maximum atomic E-state index is 13.3. The van der Waals surface area contributed by atoms with E-state index >= 15 is 0 Å². The fourth-order valence-electron chi connectivity index (χ4n) is 3.40. The van der Waals surface area contributed by atoms with E-state index in [2.05, 4.69) is 10.3 Å². The Morgan fingerprint density at radius 2 is 2.13 bits per heavy atom. The summed E-state index contributed by atoms with van der Waals surface area (Å²) in [6.07, 6.45) is -2.32. The van der Waals surface area contributed by atoms with E-state index in [9.17, 15) is 28.1 Å². The number of piperidine rings is 1. The van der Waals surface area contributed by atoms with Crippen molar-refractivity contribution in [2.75, 3.05) is 30.4 Å². The number of aromatic nitrogens is 1. The number of alkyl halides is 3. The van der Waals surface area contributed by atoms with Crippen molar-refractivity contribution in [3.8, 4) is 5.75 Å². The van der Waals surface area contributed by atoms with Gasteiger partial charge in [-0.05, 0) is 31.0 Å². The lowest BCUT2D eigenvalue weighted by Crippen LogP contribution is -2.42. The van der Waals surface area contributed by atoms with Crippen LogP contribution in [-0.2, 0) is 11.0 Å². The summed E-state index contributed by atoms with van der Waals surface area (Å²) in [7, 11) is 1.36. The van der Waals surface area contributed by atoms with Gasteiger partial charge in [0.25, 0.3) is 5.69 Å². The molecule has 1 N–H and O–H groups in total. The number of amides is 1. The summed E-state index contributed by atoms with van der Waals surface area (Å²) in [5.41, 5.74) is -0.950. The molecule has 0 bridgehead atoms. The molecule has 160 valence electrons. The maximum absolute atomic E-state index is 13.3. The Morgan fingerprint density at radius 3 is 2.80 bits per heavy atom. The predicted molar refractivity (Wildman–Crippen MR) is 102 cm³/mol. The van der Waals surface area contributed by atoms with Gasteiger partial charge < -0.3 is 15.0 Å². The molecule has 1 aliphatic rings. The van der Waals surface area contributed by atoms with E-state index in [1.54, 1.807) is 0 Å². The van der Waals surface area contributed by atoms with Crippen molar-refractivity contribution in [2.45, 2.75) is 19.0 Å². The molecule has 0 unspecified atom stereocenters. The molecule has 8 nitrogen and oxygen atoms in total. The van der Waals surface area contributed by atoms with Crippen LogP contribution >= 0.6 is 0 Å². The van der Waals surface area contributed by atoms with Crippen LogP contribution in [0.1, 0.15) is 18.4 Å². The van der Waals surface area contributed by atoms with Crippen LogP contribution < -0.4 is 15.0 Å². The summed E-state index contributed by atoms with van der Waals surface area (Å²) in [6.45, 7) is 0.382. The number of hydrogen-bond acceptors (Lipinski definition) is 6. The first-order valence-electron chi connectivity index (χ1n) is 9.11. The van der Waals surface area contributed by atoms with Gasteiger partial charge in [0, 0.05) is 31.4 Å². The molecule has 11 heteroatoms. The molecule has 1 aliphatic heterocycles. The van der Waals surface area contributed by atoms with Crippen LogP contribution in [0.25, 0.3) is 0 Å². The van der Waals surface area contributed by atoms with Crippen LogP contribution in [0.3, 0.4) is 0 Å². The van der Waals surface area contributed by atoms with E-state index in [0.717, 1.165) is 6.07 Å². The Labute approximate surface area is 169 Å². The number of carbonyl (C=O) groups excluding carboxylic acids is 1. The van der Waals surface area contributed by atoms with Crippen LogP contribution in [-0.4, -0.2) is 36.0 Å². The number of halogens is 3. The van der Waals surface area contributed by atoms with Crippen molar-refractivity contribution in [3.05, 3.63) is 52.2 Å². The molecular formula is C19H19F3N4O4. The quantitative estimate of drug-likeness (QED) is 0.578. The van der Waals surface area contributed by atoms with E-state index < -0.39 is 28.5 Å². The van der Waals surface area contributed by atoms with E-state index in [4.69, 9.17) is 4.74 Å². The van der Waals surface area contributed by atoms with Gasteiger partial charge >= 0.3 is 6.18 Å². The second-order valence-electron chi connectivity index (χ2n) is 6.79. The highest BCUT2D eigenvalue weighted by Crippen LogP contribution is 2.37. The monoisotopic (exact) mass is 424 g/mol. The number of benzene rings is 1. The van der Waals surface area contributed by atoms with Crippen molar-refractivity contribution >= 4 is 23.1 Å². The van der Waals surface area contributed by atoms with Gasteiger partial charge in [-0.15, -0.1) is 0 Å². The Kier molecular flexibility index (Phi) is 6.09. The first-order valence-corrected chi connectivity index (χ1v) is 9.11. The smallest absolute Gasteiger partial charge is 0.419 e. The molecule has 0 spiro atoms. The van der Waals surface area contributed by atoms with Crippen molar-refractivity contribution in [1.82, 2.24) is 4.98 Å². The molecule has 0 radical (unpaired) electrons. The zero-order chi connectivity index (χ0) is 21.9. The third-order valence-electron chi connectivity index (χ3n) is 4.84. The number of non-ortho nitro benzene ring substituents is 1. The Balaban J connectivity index is 1.79. The van der Waals surface area contributed by atoms with E-state index in [0.29, 0.717) is 19.4 Å². The minimum absolute atomic E-state index is 0.0448. The highest BCUT2D eigenvalue weighted by Gasteiger charge is 2.37. The number of carbonyl (C=O) groups is 1. The first kappa shape index (κ1) is 21.3. The number of methoxy groups -OCH3 is 1. The maximum Gasteiger partial charge on any atom is 0.419 e. The van der Waals surface area contributed by atoms with Crippen LogP contribution in [0.5, 0.6) is 5.75 Å². The van der Waals surface area contributed by atoms with Gasteiger partial charge in [0.2, 0.25) is 5.91 Å². The molecule has 1 fully saturated rings. The Hall–Kier alpha value is -3.37. The predicted octanol–water partition coefficient (Wildman–Crippen LogP) is 3.87. The van der Waals surface area contributed by atoms with Crippen molar-refractivity contribution in [2.24, 2.45) is 5.92 Å². The van der Waals surface area contributed by atoms with Gasteiger partial charge in [0.15, 0.2) is 0 Å². The van der Waals surface area contributed by atoms with Crippen LogP contribution in [0.2, 0.25) is 0 Å². The normalized spacial score (nSPS) is 16.8. The molecule has 1 amide bonds. The minimum atomic E-state index is -4.56. The number of pyridine rings is 1. The Bertz CT molecular complexity index is 952. The molecule has 0 aliphatic carbocycles. The number of nitro groups is 1. The van der Waals surface area contributed by atoms with Crippen LogP contribution in [0.15, 0.2) is 36.5 Å². The van der Waals surface area contributed by atoms with Gasteiger partial charge in [0.05, 0.1) is 29.2 Å². The van der Waals surface area contributed by atoms with Gasteiger partial charge in [-0.25, -0.2) is 4.98 Å². The molecular weight excluding hydrogens is 405 g/mol. The second-order valence-corrected chi connectivity index (χ2v) is 6.79. The number of anilines is 2. The van der Waals surface area contributed by atoms with Gasteiger partial charge in [-0.2, -0.15) is 13.2 Å². The second kappa shape index (κ2) is 8.56. The highest BCUT2D eigenvalue weighted by molar-refractivity contribution is 5.94. The number of nitrogens with one attached hydrogen (secondary N) is 1. The lowest BCUT2D eigenvalue weighted by Gasteiger charge is -2.34. The molecule has 1 saturated heterocycles. The number of nitro benzene ring substituents is 1. The topological polar surface area (TPSA) is 97.6 Å². The largest absolute Gasteiger partial charge is 0.495 e. The summed E-state index contributed by atoms with van der Waals surface area (Å²) >= 11 is 0. The highest BCUT2D eigenvalue weighted by atomic mass is 19.4. The number of rotatable bonds is 5. The number of hydrogen-bond donors (Lipinski definition) is 1. The standard InChI is InChI=1S/C19H19F3N4O4/c1-30-16-7-6-13(26(28)29)10-15(16)24-18(27)12-4-3-9-25(11-12)17-14(19(20,21)22)5-2-8-23-17/h2,5-8,10,12H,3-4,9,11H2,1H3,(H,24,27)/t12-/m0/s1. The number of ether oxygens (including phenoxy) is 1. The van der Waals surface area contributed by atoms with E-state index in [1.807, 2.05) is 0 Å². The first-order chi connectivity index (χ1) is 14.2. The average Bonchev–Trinajstić information content (AvgIpc) is 2.73.